The van der Waals surface area contributed by atoms with Crippen molar-refractivity contribution in [2.24, 2.45) is 0 Å². The molecule has 0 radical (unpaired) electrons. The van der Waals surface area contributed by atoms with Crippen molar-refractivity contribution in [1.82, 2.24) is 5.32 Å². The number of Topliss-reactive ketones (excluding diaryl/α,β-unsaturated/α-hetero) is 1. The minimum absolute atomic E-state index is 0.0989. The van der Waals surface area contributed by atoms with Gasteiger partial charge >= 0.3 is 0 Å². The van der Waals surface area contributed by atoms with Gasteiger partial charge in [0.15, 0.2) is 5.78 Å². The van der Waals surface area contributed by atoms with E-state index in [4.69, 9.17) is 9.47 Å². The molecule has 1 unspecified atom stereocenters. The van der Waals surface area contributed by atoms with Crippen molar-refractivity contribution in [2.75, 3.05) is 14.2 Å². The summed E-state index contributed by atoms with van der Waals surface area (Å²) < 4.78 is 10.1. The second kappa shape index (κ2) is 6.05. The molecule has 5 heteroatoms. The maximum atomic E-state index is 11.9. The van der Waals surface area contributed by atoms with Crippen molar-refractivity contribution < 1.29 is 19.1 Å². The topological polar surface area (TPSA) is 64.6 Å². The molecule has 0 saturated heterocycles. The third kappa shape index (κ3) is 3.48. The highest BCUT2D eigenvalue weighted by atomic mass is 16.5. The fourth-order valence-corrected chi connectivity index (χ4v) is 1.32. The molecular formula is C13H17NO4. The second-order valence-corrected chi connectivity index (χ2v) is 3.91. The van der Waals surface area contributed by atoms with Crippen molar-refractivity contribution in [3.05, 3.63) is 23.8 Å². The van der Waals surface area contributed by atoms with E-state index in [9.17, 15) is 9.59 Å². The third-order valence-corrected chi connectivity index (χ3v) is 2.57. The highest BCUT2D eigenvalue weighted by Gasteiger charge is 2.14. The lowest BCUT2D eigenvalue weighted by atomic mass is 10.1. The van der Waals surface area contributed by atoms with E-state index < -0.39 is 6.04 Å². The van der Waals surface area contributed by atoms with E-state index in [2.05, 4.69) is 5.32 Å². The van der Waals surface area contributed by atoms with Gasteiger partial charge in [0.2, 0.25) is 0 Å². The molecule has 98 valence electrons. The lowest BCUT2D eigenvalue weighted by molar-refractivity contribution is -0.118. The molecule has 1 N–H and O–H groups in total. The molecule has 1 aromatic rings. The van der Waals surface area contributed by atoms with Crippen molar-refractivity contribution >= 4 is 11.7 Å². The van der Waals surface area contributed by atoms with Crippen LogP contribution in [0.5, 0.6) is 11.5 Å². The number of carbonyl (C=O) groups is 2. The number of nitrogens with one attached hydrogen (secondary N) is 1. The molecule has 1 amide bonds. The van der Waals surface area contributed by atoms with Crippen LogP contribution in [0.2, 0.25) is 0 Å². The minimum atomic E-state index is -0.519. The van der Waals surface area contributed by atoms with Gasteiger partial charge in [-0.15, -0.1) is 0 Å². The van der Waals surface area contributed by atoms with Gasteiger partial charge in [-0.05, 0) is 26.0 Å². The Morgan fingerprint density at radius 3 is 2.00 bits per heavy atom. The van der Waals surface area contributed by atoms with Crippen LogP contribution in [0.4, 0.5) is 0 Å². The monoisotopic (exact) mass is 251 g/mol. The van der Waals surface area contributed by atoms with Gasteiger partial charge in [0.1, 0.15) is 11.5 Å². The molecule has 0 fully saturated rings. The fraction of sp³-hybridized carbons (Fsp3) is 0.385. The Balaban J connectivity index is 2.94. The number of carbonyl (C=O) groups excluding carboxylic acids is 2. The van der Waals surface area contributed by atoms with Crippen LogP contribution in [0.3, 0.4) is 0 Å². The standard InChI is InChI=1S/C13H17NO4/c1-8(9(2)15)14-13(16)10-5-11(17-3)7-12(6-10)18-4/h5-8H,1-4H3,(H,14,16). The molecule has 18 heavy (non-hydrogen) atoms. The highest BCUT2D eigenvalue weighted by Crippen LogP contribution is 2.22. The van der Waals surface area contributed by atoms with Crippen LogP contribution in [0, 0.1) is 0 Å². The Morgan fingerprint density at radius 2 is 1.61 bits per heavy atom. The number of ketones is 1. The number of hydrogen-bond donors (Lipinski definition) is 1. The maximum absolute atomic E-state index is 11.9. The Bertz CT molecular complexity index is 434. The van der Waals surface area contributed by atoms with E-state index >= 15 is 0 Å². The number of benzene rings is 1. The van der Waals surface area contributed by atoms with E-state index in [1.165, 1.54) is 21.1 Å². The quantitative estimate of drug-likeness (QED) is 0.859. The van der Waals surface area contributed by atoms with Crippen LogP contribution in [0.25, 0.3) is 0 Å². The Hall–Kier alpha value is -2.04. The summed E-state index contributed by atoms with van der Waals surface area (Å²) in [5, 5.41) is 2.60. The van der Waals surface area contributed by atoms with Crippen LogP contribution in [0.15, 0.2) is 18.2 Å². The molecule has 0 spiro atoms. The van der Waals surface area contributed by atoms with Crippen LogP contribution in [-0.4, -0.2) is 32.0 Å². The average Bonchev–Trinajstić information content (AvgIpc) is 2.37. The van der Waals surface area contributed by atoms with Crippen molar-refractivity contribution in [2.45, 2.75) is 19.9 Å². The van der Waals surface area contributed by atoms with Crippen LogP contribution in [-0.2, 0) is 4.79 Å². The summed E-state index contributed by atoms with van der Waals surface area (Å²) in [5.41, 5.74) is 0.388. The zero-order chi connectivity index (χ0) is 13.7. The van der Waals surface area contributed by atoms with Crippen molar-refractivity contribution in [3.8, 4) is 11.5 Å². The smallest absolute Gasteiger partial charge is 0.252 e. The van der Waals surface area contributed by atoms with E-state index in [0.29, 0.717) is 17.1 Å². The first-order valence-electron chi connectivity index (χ1n) is 5.52. The molecule has 1 aromatic carbocycles. The number of rotatable bonds is 5. The fourth-order valence-electron chi connectivity index (χ4n) is 1.32. The molecule has 0 aromatic heterocycles. The molecule has 0 aliphatic rings. The first kappa shape index (κ1) is 14.0. The van der Waals surface area contributed by atoms with Gasteiger partial charge in [0.05, 0.1) is 20.3 Å². The molecule has 5 nitrogen and oxygen atoms in total. The molecular weight excluding hydrogens is 234 g/mol. The van der Waals surface area contributed by atoms with E-state index in [-0.39, 0.29) is 11.7 Å². The average molecular weight is 251 g/mol. The lowest BCUT2D eigenvalue weighted by Crippen LogP contribution is -2.37. The predicted octanol–water partition coefficient (Wildman–Crippen LogP) is 1.41. The third-order valence-electron chi connectivity index (χ3n) is 2.57. The van der Waals surface area contributed by atoms with Crippen LogP contribution in [0.1, 0.15) is 24.2 Å². The van der Waals surface area contributed by atoms with Crippen LogP contribution >= 0.6 is 0 Å². The van der Waals surface area contributed by atoms with E-state index in [1.54, 1.807) is 25.1 Å². The van der Waals surface area contributed by atoms with Gasteiger partial charge in [-0.25, -0.2) is 0 Å². The molecule has 1 atom stereocenters. The summed E-state index contributed by atoms with van der Waals surface area (Å²) in [6.45, 7) is 3.06. The molecule has 0 aliphatic carbocycles. The first-order chi connectivity index (χ1) is 8.47. The van der Waals surface area contributed by atoms with E-state index in [0.717, 1.165) is 0 Å². The summed E-state index contributed by atoms with van der Waals surface area (Å²) >= 11 is 0. The van der Waals surface area contributed by atoms with Gasteiger partial charge < -0.3 is 14.8 Å². The number of hydrogen-bond acceptors (Lipinski definition) is 4. The zero-order valence-electron chi connectivity index (χ0n) is 10.9. The summed E-state index contributed by atoms with van der Waals surface area (Å²) in [5.74, 6) is 0.609. The number of amides is 1. The Labute approximate surface area is 106 Å². The van der Waals surface area contributed by atoms with Crippen LogP contribution < -0.4 is 14.8 Å². The summed E-state index contributed by atoms with van der Waals surface area (Å²) in [6, 6.07) is 4.33. The highest BCUT2D eigenvalue weighted by molar-refractivity contribution is 5.98. The largest absolute Gasteiger partial charge is 0.497 e. The second-order valence-electron chi connectivity index (χ2n) is 3.91. The SMILES string of the molecule is COc1cc(OC)cc(C(=O)NC(C)C(C)=O)c1. The van der Waals surface area contributed by atoms with Gasteiger partial charge in [-0.1, -0.05) is 0 Å². The molecule has 1 rings (SSSR count). The summed E-state index contributed by atoms with van der Waals surface area (Å²) in [6.07, 6.45) is 0. The van der Waals surface area contributed by atoms with Gasteiger partial charge in [-0.2, -0.15) is 0 Å². The predicted molar refractivity (Wildman–Crippen MR) is 67.2 cm³/mol. The van der Waals surface area contributed by atoms with Gasteiger partial charge in [0.25, 0.3) is 5.91 Å². The summed E-state index contributed by atoms with van der Waals surface area (Å²) in [4.78, 5) is 23.0. The number of ether oxygens (including phenoxy) is 2. The maximum Gasteiger partial charge on any atom is 0.252 e. The Kier molecular flexibility index (Phi) is 4.71. The minimum Gasteiger partial charge on any atom is -0.497 e. The summed E-state index contributed by atoms with van der Waals surface area (Å²) in [7, 11) is 3.02. The molecule has 0 heterocycles. The Morgan fingerprint density at radius 1 is 1.11 bits per heavy atom. The molecule has 0 bridgehead atoms. The van der Waals surface area contributed by atoms with E-state index in [1.807, 2.05) is 0 Å². The molecule has 0 aliphatic heterocycles. The van der Waals surface area contributed by atoms with Crippen molar-refractivity contribution in [1.29, 1.82) is 0 Å². The lowest BCUT2D eigenvalue weighted by Gasteiger charge is -2.12. The van der Waals surface area contributed by atoms with Gasteiger partial charge in [0, 0.05) is 11.6 Å². The van der Waals surface area contributed by atoms with Gasteiger partial charge in [-0.3, -0.25) is 9.59 Å². The van der Waals surface area contributed by atoms with Crippen molar-refractivity contribution in [3.63, 3.8) is 0 Å². The first-order valence-corrected chi connectivity index (χ1v) is 5.52. The zero-order valence-corrected chi connectivity index (χ0v) is 10.9. The number of methoxy groups -OCH3 is 2. The normalized spacial score (nSPS) is 11.6. The molecule has 0 saturated carbocycles.